The van der Waals surface area contributed by atoms with E-state index >= 15 is 0 Å². The van der Waals surface area contributed by atoms with Crippen molar-refractivity contribution < 1.29 is 75.7 Å². The molecule has 0 heterocycles. The number of carbonyl (C=O) groups is 1. The second-order valence-corrected chi connectivity index (χ2v) is 18.2. The highest BCUT2D eigenvalue weighted by Gasteiger charge is 2.27. The fourth-order valence-corrected chi connectivity index (χ4v) is 7.72. The van der Waals surface area contributed by atoms with Crippen molar-refractivity contribution in [2.75, 3.05) is 36.2 Å². The monoisotopic (exact) mass is 920 g/mol. The zero-order valence-corrected chi connectivity index (χ0v) is 33.3. The SMILES string of the molecule is Nc1c(N=Nc2ccc(S(=O)(=O)CCOS(=O)(=O)O)cc2)c(N)c(N=Nc2ccc(S(=O)(=O)CCOS(=O)(=O)O)cc2)c(C(=O)O)c1N=Nc1ccc(SOOO)cc1. The summed E-state index contributed by atoms with van der Waals surface area (Å²) >= 11 is 0.648. The molecule has 0 fully saturated rings. The summed E-state index contributed by atoms with van der Waals surface area (Å²) in [6, 6.07) is 14.9. The first-order valence-corrected chi connectivity index (χ1v) is 22.3. The van der Waals surface area contributed by atoms with Crippen LogP contribution in [0.1, 0.15) is 10.4 Å². The molecule has 0 saturated heterocycles. The largest absolute Gasteiger partial charge is 0.478 e. The number of carboxylic acids is 1. The van der Waals surface area contributed by atoms with E-state index in [4.69, 9.17) is 25.8 Å². The lowest BCUT2D eigenvalue weighted by molar-refractivity contribution is -0.432. The van der Waals surface area contributed by atoms with E-state index in [-0.39, 0.29) is 26.9 Å². The lowest BCUT2D eigenvalue weighted by Gasteiger charge is -2.13. The summed E-state index contributed by atoms with van der Waals surface area (Å²) in [4.78, 5) is 12.6. The van der Waals surface area contributed by atoms with Crippen molar-refractivity contribution in [3.05, 3.63) is 78.4 Å². The van der Waals surface area contributed by atoms with Crippen LogP contribution in [-0.2, 0) is 58.2 Å². The Labute approximate surface area is 338 Å². The predicted molar refractivity (Wildman–Crippen MR) is 204 cm³/mol. The maximum absolute atomic E-state index is 12.7. The van der Waals surface area contributed by atoms with Crippen molar-refractivity contribution in [3.8, 4) is 0 Å². The van der Waals surface area contributed by atoms with Gasteiger partial charge in [-0.25, -0.2) is 35.3 Å². The average Bonchev–Trinajstić information content (AvgIpc) is 3.15. The van der Waals surface area contributed by atoms with Crippen molar-refractivity contribution in [2.45, 2.75) is 14.7 Å². The number of sulfone groups is 2. The third-order valence-electron chi connectivity index (χ3n) is 7.06. The van der Waals surface area contributed by atoms with E-state index in [0.717, 1.165) is 24.3 Å². The molecule has 0 aromatic heterocycles. The summed E-state index contributed by atoms with van der Waals surface area (Å²) in [5.74, 6) is -3.28. The van der Waals surface area contributed by atoms with Gasteiger partial charge < -0.3 is 16.6 Å². The minimum Gasteiger partial charge on any atom is -0.478 e. The maximum Gasteiger partial charge on any atom is 0.397 e. The normalized spacial score (nSPS) is 12.9. The molecule has 0 atom stereocenters. The topological polar surface area (TPSA) is 398 Å². The van der Waals surface area contributed by atoms with Crippen LogP contribution in [-0.4, -0.2) is 83.8 Å². The number of carboxylic acid groups (broad SMARTS) is 1. The van der Waals surface area contributed by atoms with Gasteiger partial charge in [0.25, 0.3) is 0 Å². The molecule has 25 nitrogen and oxygen atoms in total. The van der Waals surface area contributed by atoms with Crippen LogP contribution in [0.4, 0.5) is 45.5 Å². The molecule has 0 aliphatic heterocycles. The van der Waals surface area contributed by atoms with Crippen LogP contribution >= 0.6 is 12.0 Å². The van der Waals surface area contributed by atoms with Gasteiger partial charge in [-0.05, 0) is 72.8 Å². The zero-order chi connectivity index (χ0) is 43.6. The van der Waals surface area contributed by atoms with Gasteiger partial charge in [0.05, 0.1) is 75.0 Å². The van der Waals surface area contributed by atoms with Crippen molar-refractivity contribution in [3.63, 3.8) is 0 Å². The summed E-state index contributed by atoms with van der Waals surface area (Å²) in [7, 11) is -17.9. The lowest BCUT2D eigenvalue weighted by Crippen LogP contribution is -2.15. The Morgan fingerprint density at radius 1 is 0.576 bits per heavy atom. The van der Waals surface area contributed by atoms with Crippen LogP contribution in [0.25, 0.3) is 0 Å². The number of nitrogen functional groups attached to an aromatic ring is 2. The number of hydrogen-bond acceptors (Lipinski definition) is 23. The van der Waals surface area contributed by atoms with Crippen molar-refractivity contribution in [1.29, 1.82) is 0 Å². The van der Waals surface area contributed by atoms with Crippen LogP contribution in [0.15, 0.2) is 118 Å². The molecule has 0 spiro atoms. The Morgan fingerprint density at radius 3 is 1.27 bits per heavy atom. The predicted octanol–water partition coefficient (Wildman–Crippen LogP) is 5.41. The Balaban J connectivity index is 1.75. The van der Waals surface area contributed by atoms with Gasteiger partial charge in [0.1, 0.15) is 22.6 Å². The van der Waals surface area contributed by atoms with Gasteiger partial charge in [0.2, 0.25) is 0 Å². The number of rotatable bonds is 20. The van der Waals surface area contributed by atoms with E-state index < -0.39 is 105 Å². The number of nitrogens with zero attached hydrogens (tertiary/aromatic N) is 6. The minimum atomic E-state index is -4.88. The van der Waals surface area contributed by atoms with E-state index in [0.29, 0.717) is 16.9 Å². The lowest BCUT2D eigenvalue weighted by atomic mass is 10.1. The minimum absolute atomic E-state index is 0.0127. The van der Waals surface area contributed by atoms with E-state index in [1.165, 1.54) is 48.5 Å². The molecule has 0 unspecified atom stereocenters. The molecule has 59 heavy (non-hydrogen) atoms. The Morgan fingerprint density at radius 2 is 0.932 bits per heavy atom. The molecule has 0 aliphatic rings. The third kappa shape index (κ3) is 13.6. The van der Waals surface area contributed by atoms with Gasteiger partial charge in [-0.1, -0.05) is 5.04 Å². The van der Waals surface area contributed by atoms with Crippen LogP contribution in [0.2, 0.25) is 0 Å². The van der Waals surface area contributed by atoms with Gasteiger partial charge in [-0.15, -0.1) is 19.7 Å². The van der Waals surface area contributed by atoms with Crippen LogP contribution < -0.4 is 11.5 Å². The summed E-state index contributed by atoms with van der Waals surface area (Å²) in [6.07, 6.45) is 0. The van der Waals surface area contributed by atoms with Crippen molar-refractivity contribution in [1.82, 2.24) is 0 Å². The van der Waals surface area contributed by atoms with Crippen molar-refractivity contribution in [2.24, 2.45) is 30.7 Å². The zero-order valence-electron chi connectivity index (χ0n) is 29.2. The first-order chi connectivity index (χ1) is 27.6. The first kappa shape index (κ1) is 46.3. The third-order valence-corrected chi connectivity index (χ3v) is 12.0. The molecule has 4 aromatic rings. The average molecular weight is 921 g/mol. The molecule has 316 valence electrons. The fourth-order valence-electron chi connectivity index (χ4n) is 4.39. The fraction of sp³-hybridized carbons (Fsp3) is 0.138. The van der Waals surface area contributed by atoms with E-state index in [1.54, 1.807) is 0 Å². The Bertz CT molecular complexity index is 2720. The van der Waals surface area contributed by atoms with Crippen LogP contribution in [0, 0.1) is 0 Å². The summed E-state index contributed by atoms with van der Waals surface area (Å²) in [6.45, 7) is -1.74. The van der Waals surface area contributed by atoms with Gasteiger partial charge >= 0.3 is 26.8 Å². The molecule has 0 amide bonds. The second-order valence-electron chi connectivity index (χ2n) is 11.0. The molecule has 4 rings (SSSR count). The van der Waals surface area contributed by atoms with Gasteiger partial charge in [-0.3, -0.25) is 9.11 Å². The van der Waals surface area contributed by atoms with Gasteiger partial charge in [0, 0.05) is 4.90 Å². The summed E-state index contributed by atoms with van der Waals surface area (Å²) in [5.41, 5.74) is 9.67. The number of azo groups is 3. The Hall–Kier alpha value is -5.38. The molecule has 4 aromatic carbocycles. The second kappa shape index (κ2) is 19.6. The van der Waals surface area contributed by atoms with E-state index in [2.05, 4.69) is 48.4 Å². The maximum atomic E-state index is 12.7. The Kier molecular flexibility index (Phi) is 15.4. The standard InChI is InChI=1S/C29H28N8O17S5/c30-24-26(35-32-17-1-7-20(8-2-17)55-54-53-40)23(29(38)39)27(36-33-18-3-9-21(10-4-18)56(41,42)15-13-51-58(45,46)47)25(31)28(24)37-34-19-5-11-22(12-6-19)57(43,44)16-14-52-59(48,49)50/h1-12,40H,13-16,30-31H2,(H,38,39)(H,45,46,47)(H,48,49,50). The highest BCUT2D eigenvalue weighted by Crippen LogP contribution is 2.49. The first-order valence-electron chi connectivity index (χ1n) is 15.5. The number of anilines is 2. The molecule has 0 aliphatic carbocycles. The van der Waals surface area contributed by atoms with Gasteiger partial charge in [-0.2, -0.15) is 32.2 Å². The quantitative estimate of drug-likeness (QED) is 0.0161. The number of nitrogens with two attached hydrogens (primary N) is 2. The number of aromatic carboxylic acids is 1. The molecule has 8 N–H and O–H groups in total. The molecule has 30 heteroatoms. The molecule has 0 radical (unpaired) electrons. The highest BCUT2D eigenvalue weighted by atomic mass is 32.3. The molecule has 0 bridgehead atoms. The van der Waals surface area contributed by atoms with Crippen molar-refractivity contribution >= 4 is 104 Å². The number of benzene rings is 4. The van der Waals surface area contributed by atoms with Crippen LogP contribution in [0.5, 0.6) is 0 Å². The van der Waals surface area contributed by atoms with E-state index in [9.17, 15) is 43.6 Å². The smallest absolute Gasteiger partial charge is 0.397 e. The summed E-state index contributed by atoms with van der Waals surface area (Å²) in [5, 5.41) is 46.2. The number of hydrogen-bond donors (Lipinski definition) is 6. The van der Waals surface area contributed by atoms with E-state index in [1.807, 2.05) is 0 Å². The highest BCUT2D eigenvalue weighted by molar-refractivity contribution is 7.94. The molecular weight excluding hydrogens is 893 g/mol. The molecular formula is C29H28N8O17S5. The van der Waals surface area contributed by atoms with Crippen LogP contribution in [0.3, 0.4) is 0 Å². The van der Waals surface area contributed by atoms with Gasteiger partial charge in [0.15, 0.2) is 19.7 Å². The summed E-state index contributed by atoms with van der Waals surface area (Å²) < 4.78 is 123. The molecule has 0 saturated carbocycles.